The maximum atomic E-state index is 12.1. The van der Waals surface area contributed by atoms with Crippen LogP contribution in [0.4, 0.5) is 0 Å². The van der Waals surface area contributed by atoms with Crippen LogP contribution in [-0.2, 0) is 4.74 Å². The quantitative estimate of drug-likeness (QED) is 0.692. The fourth-order valence-corrected chi connectivity index (χ4v) is 2.09. The number of ketones is 1. The van der Waals surface area contributed by atoms with Crippen LogP contribution in [0.3, 0.4) is 0 Å². The normalized spacial score (nSPS) is 20.5. The van der Waals surface area contributed by atoms with Crippen molar-refractivity contribution in [1.82, 2.24) is 0 Å². The Morgan fingerprint density at radius 3 is 2.47 bits per heavy atom. The van der Waals surface area contributed by atoms with Gasteiger partial charge in [0.2, 0.25) is 0 Å². The monoisotopic (exact) mass is 204 g/mol. The maximum absolute atomic E-state index is 12.1. The van der Waals surface area contributed by atoms with Crippen LogP contribution in [0.25, 0.3) is 0 Å². The number of hydrogen-bond donors (Lipinski definition) is 0. The van der Waals surface area contributed by atoms with E-state index in [4.69, 9.17) is 4.74 Å². The van der Waals surface area contributed by atoms with E-state index in [9.17, 15) is 4.79 Å². The second-order valence-electron chi connectivity index (χ2n) is 4.30. The molecule has 2 nitrogen and oxygen atoms in total. The number of rotatable bonds is 2. The van der Waals surface area contributed by atoms with Crippen molar-refractivity contribution in [2.45, 2.75) is 20.3 Å². The molecule has 0 aliphatic carbocycles. The summed E-state index contributed by atoms with van der Waals surface area (Å²) < 4.78 is 5.24. The van der Waals surface area contributed by atoms with E-state index < -0.39 is 0 Å². The minimum absolute atomic E-state index is 0.0752. The minimum Gasteiger partial charge on any atom is -0.381 e. The van der Waals surface area contributed by atoms with Gasteiger partial charge in [0, 0.05) is 18.1 Å². The van der Waals surface area contributed by atoms with Gasteiger partial charge in [-0.1, -0.05) is 17.2 Å². The largest absolute Gasteiger partial charge is 0.381 e. The van der Waals surface area contributed by atoms with Crippen molar-refractivity contribution in [1.29, 1.82) is 0 Å². The van der Waals surface area contributed by atoms with E-state index in [1.165, 1.54) is 0 Å². The minimum atomic E-state index is 0.0752. The van der Waals surface area contributed by atoms with Crippen LogP contribution >= 0.6 is 0 Å². The number of aryl methyl sites for hydroxylation is 2. The molecule has 1 fully saturated rings. The summed E-state index contributed by atoms with van der Waals surface area (Å²) in [6.07, 6.45) is 0.867. The molecule has 0 amide bonds. The molecule has 1 aliphatic rings. The van der Waals surface area contributed by atoms with Crippen molar-refractivity contribution >= 4 is 5.78 Å². The summed E-state index contributed by atoms with van der Waals surface area (Å²) in [4.78, 5) is 12.1. The summed E-state index contributed by atoms with van der Waals surface area (Å²) in [6, 6.07) is 6.02. The van der Waals surface area contributed by atoms with Crippen molar-refractivity contribution < 1.29 is 9.53 Å². The third kappa shape index (κ3) is 2.26. The first-order chi connectivity index (χ1) is 7.16. The van der Waals surface area contributed by atoms with E-state index in [0.29, 0.717) is 6.61 Å². The maximum Gasteiger partial charge on any atom is 0.168 e. The van der Waals surface area contributed by atoms with Crippen LogP contribution in [0, 0.1) is 19.8 Å². The Bertz CT molecular complexity index is 356. The first-order valence-electron chi connectivity index (χ1n) is 5.37. The standard InChI is InChI=1S/C13H16O2/c1-9-5-10(2)7-12(6-9)13(14)11-3-4-15-8-11/h5-7,11H,3-4,8H2,1-2H3. The summed E-state index contributed by atoms with van der Waals surface area (Å²) in [5.74, 6) is 0.311. The molecule has 0 spiro atoms. The van der Waals surface area contributed by atoms with E-state index >= 15 is 0 Å². The van der Waals surface area contributed by atoms with Gasteiger partial charge in [-0.2, -0.15) is 0 Å². The third-order valence-corrected chi connectivity index (χ3v) is 2.81. The lowest BCUT2D eigenvalue weighted by Gasteiger charge is -2.08. The number of hydrogen-bond acceptors (Lipinski definition) is 2. The van der Waals surface area contributed by atoms with Crippen molar-refractivity contribution in [3.8, 4) is 0 Å². The van der Waals surface area contributed by atoms with Crippen molar-refractivity contribution in [3.63, 3.8) is 0 Å². The second-order valence-corrected chi connectivity index (χ2v) is 4.30. The van der Waals surface area contributed by atoms with Gasteiger partial charge in [-0.3, -0.25) is 4.79 Å². The Morgan fingerprint density at radius 1 is 1.27 bits per heavy atom. The van der Waals surface area contributed by atoms with E-state index in [0.717, 1.165) is 29.7 Å². The number of carbonyl (C=O) groups excluding carboxylic acids is 1. The Kier molecular flexibility index (Phi) is 2.87. The van der Waals surface area contributed by atoms with Crippen molar-refractivity contribution in [2.24, 2.45) is 5.92 Å². The zero-order valence-corrected chi connectivity index (χ0v) is 9.25. The molecule has 1 unspecified atom stereocenters. The van der Waals surface area contributed by atoms with Crippen LogP contribution in [0.15, 0.2) is 18.2 Å². The Labute approximate surface area is 90.3 Å². The highest BCUT2D eigenvalue weighted by Gasteiger charge is 2.24. The van der Waals surface area contributed by atoms with Crippen molar-refractivity contribution in [2.75, 3.05) is 13.2 Å². The van der Waals surface area contributed by atoms with Gasteiger partial charge in [-0.15, -0.1) is 0 Å². The molecule has 1 atom stereocenters. The number of carbonyl (C=O) groups is 1. The smallest absolute Gasteiger partial charge is 0.168 e. The van der Waals surface area contributed by atoms with Gasteiger partial charge in [0.05, 0.1) is 6.61 Å². The molecule has 0 aromatic heterocycles. The molecule has 80 valence electrons. The molecule has 0 bridgehead atoms. The van der Waals surface area contributed by atoms with Gasteiger partial charge >= 0.3 is 0 Å². The van der Waals surface area contributed by atoms with Gasteiger partial charge in [0.15, 0.2) is 5.78 Å². The summed E-state index contributed by atoms with van der Waals surface area (Å²) in [5.41, 5.74) is 3.14. The summed E-state index contributed by atoms with van der Waals surface area (Å²) in [7, 11) is 0. The first-order valence-corrected chi connectivity index (χ1v) is 5.37. The Morgan fingerprint density at radius 2 is 1.93 bits per heavy atom. The average molecular weight is 204 g/mol. The SMILES string of the molecule is Cc1cc(C)cc(C(=O)C2CCOC2)c1. The predicted molar refractivity (Wildman–Crippen MR) is 59.2 cm³/mol. The van der Waals surface area contributed by atoms with Gasteiger partial charge in [-0.05, 0) is 32.4 Å². The predicted octanol–water partition coefficient (Wildman–Crippen LogP) is 2.52. The molecule has 1 heterocycles. The average Bonchev–Trinajstić information content (AvgIpc) is 2.67. The Hall–Kier alpha value is -1.15. The fraction of sp³-hybridized carbons (Fsp3) is 0.462. The molecule has 2 rings (SSSR count). The van der Waals surface area contributed by atoms with Gasteiger partial charge in [-0.25, -0.2) is 0 Å². The number of benzene rings is 1. The van der Waals surface area contributed by atoms with E-state index in [1.54, 1.807) is 0 Å². The van der Waals surface area contributed by atoms with E-state index in [1.807, 2.05) is 26.0 Å². The second kappa shape index (κ2) is 4.15. The number of ether oxygens (including phenoxy) is 1. The highest BCUT2D eigenvalue weighted by molar-refractivity contribution is 5.98. The molecule has 1 aromatic carbocycles. The highest BCUT2D eigenvalue weighted by Crippen LogP contribution is 2.20. The van der Waals surface area contributed by atoms with Crippen LogP contribution in [0.5, 0.6) is 0 Å². The lowest BCUT2D eigenvalue weighted by atomic mass is 9.95. The lowest BCUT2D eigenvalue weighted by Crippen LogP contribution is -2.14. The van der Waals surface area contributed by atoms with Crippen LogP contribution in [0.2, 0.25) is 0 Å². The molecular formula is C13H16O2. The molecule has 1 aliphatic heterocycles. The third-order valence-electron chi connectivity index (χ3n) is 2.81. The van der Waals surface area contributed by atoms with Crippen molar-refractivity contribution in [3.05, 3.63) is 34.9 Å². The van der Waals surface area contributed by atoms with Gasteiger partial charge in [0.1, 0.15) is 0 Å². The number of Topliss-reactive ketones (excluding diaryl/α,β-unsaturated/α-hetero) is 1. The summed E-state index contributed by atoms with van der Waals surface area (Å²) >= 11 is 0. The van der Waals surface area contributed by atoms with Crippen LogP contribution in [-0.4, -0.2) is 19.0 Å². The molecule has 0 radical (unpaired) electrons. The fourth-order valence-electron chi connectivity index (χ4n) is 2.09. The lowest BCUT2D eigenvalue weighted by molar-refractivity contribution is 0.0900. The molecular weight excluding hydrogens is 188 g/mol. The highest BCUT2D eigenvalue weighted by atomic mass is 16.5. The first kappa shape index (κ1) is 10.4. The molecule has 1 aromatic rings. The zero-order chi connectivity index (χ0) is 10.8. The van der Waals surface area contributed by atoms with Gasteiger partial charge < -0.3 is 4.74 Å². The molecule has 0 N–H and O–H groups in total. The van der Waals surface area contributed by atoms with Gasteiger partial charge in [0.25, 0.3) is 0 Å². The Balaban J connectivity index is 2.24. The van der Waals surface area contributed by atoms with Crippen LogP contribution < -0.4 is 0 Å². The van der Waals surface area contributed by atoms with E-state index in [2.05, 4.69) is 6.07 Å². The molecule has 0 saturated carbocycles. The molecule has 2 heteroatoms. The summed E-state index contributed by atoms with van der Waals surface area (Å²) in [5, 5.41) is 0. The van der Waals surface area contributed by atoms with E-state index in [-0.39, 0.29) is 11.7 Å². The van der Waals surface area contributed by atoms with Crippen LogP contribution in [0.1, 0.15) is 27.9 Å². The zero-order valence-electron chi connectivity index (χ0n) is 9.25. The molecule has 1 saturated heterocycles. The molecule has 15 heavy (non-hydrogen) atoms. The summed E-state index contributed by atoms with van der Waals surface area (Å²) in [6.45, 7) is 5.36. The topological polar surface area (TPSA) is 26.3 Å².